The van der Waals surface area contributed by atoms with Crippen LogP contribution in [0.2, 0.25) is 0 Å². The highest BCUT2D eigenvalue weighted by Gasteiger charge is 2.17. The van der Waals surface area contributed by atoms with Crippen molar-refractivity contribution in [2.45, 2.75) is 0 Å². The molecule has 1 heterocycles. The molecule has 0 saturated heterocycles. The summed E-state index contributed by atoms with van der Waals surface area (Å²) in [5.74, 6) is -0.147. The number of ether oxygens (including phenoxy) is 1. The van der Waals surface area contributed by atoms with Gasteiger partial charge >= 0.3 is 0 Å². The van der Waals surface area contributed by atoms with Crippen LogP contribution in [0.15, 0.2) is 12.3 Å². The van der Waals surface area contributed by atoms with E-state index in [-0.39, 0.29) is 12.5 Å². The maximum absolute atomic E-state index is 12.0. The molecule has 6 heteroatoms. The van der Waals surface area contributed by atoms with Gasteiger partial charge in [-0.05, 0) is 6.07 Å². The van der Waals surface area contributed by atoms with Crippen molar-refractivity contribution >= 4 is 5.91 Å². The number of methoxy groups -OCH3 is 1. The third kappa shape index (κ3) is 3.04. The second-order valence-corrected chi connectivity index (χ2v) is 3.35. The van der Waals surface area contributed by atoms with Crippen LogP contribution in [0.25, 0.3) is 0 Å². The molecule has 0 unspecified atom stereocenters. The molecule has 0 aliphatic carbocycles. The minimum Gasteiger partial charge on any atom is -0.395 e. The molecule has 1 N–H and O–H groups in total. The molecule has 90 valence electrons. The van der Waals surface area contributed by atoms with E-state index in [2.05, 4.69) is 5.10 Å². The summed E-state index contributed by atoms with van der Waals surface area (Å²) in [6.45, 7) is 1.14. The molecule has 0 saturated carbocycles. The summed E-state index contributed by atoms with van der Waals surface area (Å²) >= 11 is 0. The van der Waals surface area contributed by atoms with E-state index in [1.165, 1.54) is 4.68 Å². The predicted molar refractivity (Wildman–Crippen MR) is 58.1 cm³/mol. The van der Waals surface area contributed by atoms with E-state index >= 15 is 0 Å². The normalized spacial score (nSPS) is 10.4. The predicted octanol–water partition coefficient (Wildman–Crippen LogP) is -0.499. The molecule has 16 heavy (non-hydrogen) atoms. The zero-order valence-corrected chi connectivity index (χ0v) is 9.59. The number of hydrogen-bond acceptors (Lipinski definition) is 4. The van der Waals surface area contributed by atoms with Crippen molar-refractivity contribution in [3.63, 3.8) is 0 Å². The van der Waals surface area contributed by atoms with Gasteiger partial charge in [-0.3, -0.25) is 9.48 Å². The number of aliphatic hydroxyl groups excluding tert-OH is 1. The Morgan fingerprint density at radius 3 is 2.88 bits per heavy atom. The zero-order chi connectivity index (χ0) is 12.0. The van der Waals surface area contributed by atoms with E-state index in [1.54, 1.807) is 31.3 Å². The van der Waals surface area contributed by atoms with Gasteiger partial charge in [-0.1, -0.05) is 0 Å². The fraction of sp³-hybridized carbons (Fsp3) is 0.600. The second-order valence-electron chi connectivity index (χ2n) is 3.35. The molecular weight excluding hydrogens is 210 g/mol. The highest BCUT2D eigenvalue weighted by atomic mass is 16.5. The first-order valence-corrected chi connectivity index (χ1v) is 5.07. The Labute approximate surface area is 94.4 Å². The first-order valence-electron chi connectivity index (χ1n) is 5.07. The van der Waals surface area contributed by atoms with Crippen LogP contribution >= 0.6 is 0 Å². The lowest BCUT2D eigenvalue weighted by Gasteiger charge is -2.21. The lowest BCUT2D eigenvalue weighted by Crippen LogP contribution is -2.37. The molecule has 0 spiro atoms. The first kappa shape index (κ1) is 12.7. The van der Waals surface area contributed by atoms with Crippen molar-refractivity contribution in [3.05, 3.63) is 18.0 Å². The lowest BCUT2D eigenvalue weighted by atomic mass is 10.3. The highest BCUT2D eigenvalue weighted by Crippen LogP contribution is 2.03. The van der Waals surface area contributed by atoms with Gasteiger partial charge in [0, 0.05) is 33.4 Å². The van der Waals surface area contributed by atoms with Crippen LogP contribution in [0, 0.1) is 0 Å². The summed E-state index contributed by atoms with van der Waals surface area (Å²) in [7, 11) is 3.28. The maximum Gasteiger partial charge on any atom is 0.272 e. The number of aromatic nitrogens is 2. The minimum atomic E-state index is -0.147. The molecule has 1 aromatic rings. The Morgan fingerprint density at radius 1 is 1.62 bits per heavy atom. The van der Waals surface area contributed by atoms with Crippen molar-refractivity contribution < 1.29 is 14.6 Å². The van der Waals surface area contributed by atoms with Gasteiger partial charge in [0.15, 0.2) is 0 Å². The van der Waals surface area contributed by atoms with Gasteiger partial charge in [-0.2, -0.15) is 5.10 Å². The van der Waals surface area contributed by atoms with Gasteiger partial charge in [0.25, 0.3) is 5.91 Å². The number of amides is 1. The van der Waals surface area contributed by atoms with E-state index in [1.807, 2.05) is 0 Å². The van der Waals surface area contributed by atoms with Gasteiger partial charge in [0.1, 0.15) is 5.69 Å². The number of nitrogens with zero attached hydrogens (tertiary/aromatic N) is 3. The lowest BCUT2D eigenvalue weighted by molar-refractivity contribution is 0.0646. The summed E-state index contributed by atoms with van der Waals surface area (Å²) in [4.78, 5) is 13.6. The quantitative estimate of drug-likeness (QED) is 0.711. The van der Waals surface area contributed by atoms with Gasteiger partial charge < -0.3 is 14.7 Å². The van der Waals surface area contributed by atoms with Gasteiger partial charge in [-0.15, -0.1) is 0 Å². The second kappa shape index (κ2) is 6.24. The maximum atomic E-state index is 12.0. The summed E-state index contributed by atoms with van der Waals surface area (Å²) in [5.41, 5.74) is 0.504. The molecule has 0 atom stereocenters. The van der Waals surface area contributed by atoms with Gasteiger partial charge in [0.2, 0.25) is 0 Å². The first-order chi connectivity index (χ1) is 7.70. The summed E-state index contributed by atoms with van der Waals surface area (Å²) in [5, 5.41) is 12.8. The molecule has 0 radical (unpaired) electrons. The van der Waals surface area contributed by atoms with Crippen LogP contribution in [-0.4, -0.2) is 59.1 Å². The van der Waals surface area contributed by atoms with Crippen molar-refractivity contribution in [2.75, 3.05) is 33.4 Å². The number of hydrogen-bond donors (Lipinski definition) is 1. The van der Waals surface area contributed by atoms with Crippen molar-refractivity contribution in [1.82, 2.24) is 14.7 Å². The van der Waals surface area contributed by atoms with Crippen molar-refractivity contribution in [2.24, 2.45) is 7.05 Å². The third-order valence-corrected chi connectivity index (χ3v) is 2.26. The van der Waals surface area contributed by atoms with E-state index in [0.29, 0.717) is 25.4 Å². The van der Waals surface area contributed by atoms with Crippen molar-refractivity contribution in [3.8, 4) is 0 Å². The van der Waals surface area contributed by atoms with Gasteiger partial charge in [0.05, 0.1) is 13.2 Å². The number of aliphatic hydroxyl groups is 1. The fourth-order valence-corrected chi connectivity index (χ4v) is 1.38. The van der Waals surface area contributed by atoms with Crippen LogP contribution in [-0.2, 0) is 11.8 Å². The Bertz CT molecular complexity index is 338. The molecule has 1 aromatic heterocycles. The Kier molecular flexibility index (Phi) is 4.94. The molecule has 0 aliphatic heterocycles. The summed E-state index contributed by atoms with van der Waals surface area (Å²) in [6, 6.07) is 1.65. The largest absolute Gasteiger partial charge is 0.395 e. The van der Waals surface area contributed by atoms with Crippen molar-refractivity contribution in [1.29, 1.82) is 0 Å². The van der Waals surface area contributed by atoms with Crippen LogP contribution in [0.5, 0.6) is 0 Å². The molecule has 0 bridgehead atoms. The van der Waals surface area contributed by atoms with Crippen LogP contribution < -0.4 is 0 Å². The smallest absolute Gasteiger partial charge is 0.272 e. The number of rotatable bonds is 6. The average Bonchev–Trinajstić information content (AvgIpc) is 2.69. The summed E-state index contributed by atoms with van der Waals surface area (Å²) < 4.78 is 6.43. The standard InChI is InChI=1S/C10H17N3O3/c1-12-9(3-4-11-12)10(15)13(5-7-14)6-8-16-2/h3-4,14H,5-8H2,1-2H3. The Morgan fingerprint density at radius 2 is 2.38 bits per heavy atom. The summed E-state index contributed by atoms with van der Waals surface area (Å²) in [6.07, 6.45) is 1.57. The van der Waals surface area contributed by atoms with E-state index in [0.717, 1.165) is 0 Å². The molecule has 0 aliphatic rings. The minimum absolute atomic E-state index is 0.0622. The monoisotopic (exact) mass is 227 g/mol. The van der Waals surface area contributed by atoms with Crippen LogP contribution in [0.3, 0.4) is 0 Å². The number of aryl methyl sites for hydroxylation is 1. The number of carbonyl (C=O) groups is 1. The zero-order valence-electron chi connectivity index (χ0n) is 9.59. The SMILES string of the molecule is COCCN(CCO)C(=O)c1ccnn1C. The topological polar surface area (TPSA) is 67.6 Å². The molecule has 1 amide bonds. The average molecular weight is 227 g/mol. The van der Waals surface area contributed by atoms with Gasteiger partial charge in [-0.25, -0.2) is 0 Å². The fourth-order valence-electron chi connectivity index (χ4n) is 1.38. The molecule has 0 aromatic carbocycles. The highest BCUT2D eigenvalue weighted by molar-refractivity contribution is 5.92. The number of carbonyl (C=O) groups excluding carboxylic acids is 1. The Hall–Kier alpha value is -1.40. The van der Waals surface area contributed by atoms with Crippen LogP contribution in [0.1, 0.15) is 10.5 Å². The van der Waals surface area contributed by atoms with E-state index in [9.17, 15) is 4.79 Å². The molecule has 1 rings (SSSR count). The molecular formula is C10H17N3O3. The van der Waals surface area contributed by atoms with Crippen LogP contribution in [0.4, 0.5) is 0 Å². The van der Waals surface area contributed by atoms with E-state index in [4.69, 9.17) is 9.84 Å². The Balaban J connectivity index is 2.70. The van der Waals surface area contributed by atoms with E-state index < -0.39 is 0 Å². The molecule has 6 nitrogen and oxygen atoms in total. The third-order valence-electron chi connectivity index (χ3n) is 2.26. The molecule has 0 fully saturated rings.